The first-order valence-corrected chi connectivity index (χ1v) is 10.0. The zero-order valence-electron chi connectivity index (χ0n) is 18.9. The number of nitrogen functional groups attached to an aromatic ring is 1. The second kappa shape index (κ2) is 7.30. The molecule has 3 rings (SSSR count). The number of nitrogens with one attached hydrogen (secondary N) is 1. The predicted octanol–water partition coefficient (Wildman–Crippen LogP) is 2.29. The number of amides is 1. The Labute approximate surface area is 175 Å². The molecule has 0 fully saturated rings. The van der Waals surface area contributed by atoms with Gasteiger partial charge >= 0.3 is 0 Å². The minimum absolute atomic E-state index is 0.0219. The van der Waals surface area contributed by atoms with Crippen LogP contribution in [0.4, 0.5) is 5.82 Å². The van der Waals surface area contributed by atoms with Gasteiger partial charge < -0.3 is 15.2 Å². The highest BCUT2D eigenvalue weighted by atomic mass is 16.2. The highest BCUT2D eigenvalue weighted by Gasteiger charge is 2.35. The Morgan fingerprint density at radius 3 is 2.47 bits per heavy atom. The molecule has 0 bridgehead atoms. The summed E-state index contributed by atoms with van der Waals surface area (Å²) in [6.07, 6.45) is 1.81. The lowest BCUT2D eigenvalue weighted by molar-refractivity contribution is -0.133. The molecule has 3 heterocycles. The molecule has 0 unspecified atom stereocenters. The van der Waals surface area contributed by atoms with Gasteiger partial charge in [0.25, 0.3) is 5.56 Å². The topological polar surface area (TPSA) is 115 Å². The van der Waals surface area contributed by atoms with E-state index in [1.165, 1.54) is 0 Å². The molecule has 1 atom stereocenters. The molecule has 0 aliphatic carbocycles. The SMILES string of the molecule is CC(C)[C@H](C)n1cc(-c2cc(C(C)(C)C(=O)N(C)C)n(C)n2)c2[nH]nc(N)c2c1=O. The summed E-state index contributed by atoms with van der Waals surface area (Å²) in [6.45, 7) is 9.88. The first kappa shape index (κ1) is 21.6. The summed E-state index contributed by atoms with van der Waals surface area (Å²) >= 11 is 0. The van der Waals surface area contributed by atoms with Crippen LogP contribution in [0, 0.1) is 5.92 Å². The van der Waals surface area contributed by atoms with E-state index in [2.05, 4.69) is 29.1 Å². The first-order chi connectivity index (χ1) is 13.9. The van der Waals surface area contributed by atoms with Gasteiger partial charge in [0.05, 0.1) is 22.3 Å². The van der Waals surface area contributed by atoms with Crippen LogP contribution >= 0.6 is 0 Å². The van der Waals surface area contributed by atoms with Gasteiger partial charge in [0.2, 0.25) is 5.91 Å². The third-order valence-corrected chi connectivity index (χ3v) is 5.92. The number of rotatable bonds is 5. The van der Waals surface area contributed by atoms with E-state index in [4.69, 9.17) is 5.73 Å². The summed E-state index contributed by atoms with van der Waals surface area (Å²) < 4.78 is 3.41. The molecule has 0 aliphatic rings. The van der Waals surface area contributed by atoms with Crippen molar-refractivity contribution in [3.8, 4) is 11.3 Å². The van der Waals surface area contributed by atoms with Crippen LogP contribution in [0.25, 0.3) is 22.2 Å². The molecule has 162 valence electrons. The maximum atomic E-state index is 13.1. The molecule has 3 aromatic rings. The number of pyridine rings is 1. The van der Waals surface area contributed by atoms with Crippen LogP contribution in [0.3, 0.4) is 0 Å². The van der Waals surface area contributed by atoms with Crippen molar-refractivity contribution in [2.45, 2.75) is 46.1 Å². The molecule has 9 heteroatoms. The van der Waals surface area contributed by atoms with Crippen LogP contribution in [-0.4, -0.2) is 49.4 Å². The number of fused-ring (bicyclic) bond motifs is 1. The fraction of sp³-hybridized carbons (Fsp3) is 0.524. The quantitative estimate of drug-likeness (QED) is 0.666. The van der Waals surface area contributed by atoms with E-state index in [9.17, 15) is 9.59 Å². The number of H-pyrrole nitrogens is 1. The Balaban J connectivity index is 2.27. The van der Waals surface area contributed by atoms with Gasteiger partial charge in [0.1, 0.15) is 5.39 Å². The number of hydrogen-bond acceptors (Lipinski definition) is 5. The molecule has 0 aromatic carbocycles. The molecule has 3 N–H and O–H groups in total. The summed E-state index contributed by atoms with van der Waals surface area (Å²) in [5.74, 6) is 0.393. The molecule has 0 aliphatic heterocycles. The number of nitrogens with two attached hydrogens (primary N) is 1. The fourth-order valence-corrected chi connectivity index (χ4v) is 3.83. The number of aryl methyl sites for hydroxylation is 1. The van der Waals surface area contributed by atoms with Crippen molar-refractivity contribution in [1.82, 2.24) is 29.4 Å². The van der Waals surface area contributed by atoms with Crippen molar-refractivity contribution in [1.29, 1.82) is 0 Å². The summed E-state index contributed by atoms with van der Waals surface area (Å²) in [5.41, 5.74) is 7.75. The van der Waals surface area contributed by atoms with Gasteiger partial charge in [0, 0.05) is 38.9 Å². The standard InChI is InChI=1S/C21H31N7O2/c1-11(2)12(3)28-10-13(17-16(19(28)29)18(22)24-23-17)14-9-15(27(8)25-14)21(4,5)20(30)26(6)7/h9-12H,1-8H3,(H3,22,23,24)/t12-/m0/s1. The first-order valence-electron chi connectivity index (χ1n) is 10.0. The average Bonchev–Trinajstić information content (AvgIpc) is 3.24. The summed E-state index contributed by atoms with van der Waals surface area (Å²) in [7, 11) is 5.29. The summed E-state index contributed by atoms with van der Waals surface area (Å²) in [6, 6.07) is 1.85. The van der Waals surface area contributed by atoms with Gasteiger partial charge in [-0.15, -0.1) is 0 Å². The molecule has 9 nitrogen and oxygen atoms in total. The molecular weight excluding hydrogens is 382 g/mol. The van der Waals surface area contributed by atoms with Gasteiger partial charge in [-0.1, -0.05) is 13.8 Å². The van der Waals surface area contributed by atoms with Crippen LogP contribution in [0.5, 0.6) is 0 Å². The number of aromatic nitrogens is 5. The number of anilines is 1. The Morgan fingerprint density at radius 1 is 1.27 bits per heavy atom. The maximum Gasteiger partial charge on any atom is 0.264 e. The number of carbonyl (C=O) groups excluding carboxylic acids is 1. The smallest absolute Gasteiger partial charge is 0.264 e. The van der Waals surface area contributed by atoms with E-state index in [1.807, 2.05) is 33.9 Å². The van der Waals surface area contributed by atoms with E-state index >= 15 is 0 Å². The van der Waals surface area contributed by atoms with Crippen molar-refractivity contribution >= 4 is 22.6 Å². The molecule has 0 saturated carbocycles. The molecule has 3 aromatic heterocycles. The number of hydrogen-bond donors (Lipinski definition) is 2. The summed E-state index contributed by atoms with van der Waals surface area (Å²) in [5, 5.41) is 12.0. The zero-order valence-corrected chi connectivity index (χ0v) is 18.9. The van der Waals surface area contributed by atoms with Crippen molar-refractivity contribution < 1.29 is 4.79 Å². The van der Waals surface area contributed by atoms with Crippen LogP contribution in [0.2, 0.25) is 0 Å². The van der Waals surface area contributed by atoms with E-state index in [0.717, 1.165) is 11.3 Å². The highest BCUT2D eigenvalue weighted by molar-refractivity contribution is 5.97. The van der Waals surface area contributed by atoms with Gasteiger partial charge in [-0.3, -0.25) is 19.4 Å². The van der Waals surface area contributed by atoms with Crippen molar-refractivity contribution in [3.05, 3.63) is 28.3 Å². The molecule has 0 spiro atoms. The van der Waals surface area contributed by atoms with Crippen LogP contribution in [0.1, 0.15) is 46.4 Å². The van der Waals surface area contributed by atoms with E-state index in [0.29, 0.717) is 16.6 Å². The molecule has 30 heavy (non-hydrogen) atoms. The van der Waals surface area contributed by atoms with Crippen LogP contribution in [0.15, 0.2) is 17.1 Å². The fourth-order valence-electron chi connectivity index (χ4n) is 3.83. The van der Waals surface area contributed by atoms with Gasteiger partial charge in [-0.25, -0.2) is 0 Å². The Hall–Kier alpha value is -3.10. The molecule has 1 amide bonds. The van der Waals surface area contributed by atoms with Gasteiger partial charge in [-0.05, 0) is 32.8 Å². The van der Waals surface area contributed by atoms with Crippen LogP contribution in [-0.2, 0) is 17.3 Å². The van der Waals surface area contributed by atoms with Crippen molar-refractivity contribution in [3.63, 3.8) is 0 Å². The van der Waals surface area contributed by atoms with Gasteiger partial charge in [-0.2, -0.15) is 10.2 Å². The van der Waals surface area contributed by atoms with Gasteiger partial charge in [0.15, 0.2) is 5.82 Å². The third-order valence-electron chi connectivity index (χ3n) is 5.92. The molecule has 0 saturated heterocycles. The normalized spacial score (nSPS) is 13.2. The van der Waals surface area contributed by atoms with E-state index < -0.39 is 5.41 Å². The number of likely N-dealkylation sites (N-methyl/N-ethyl adjacent to an activating group) is 1. The minimum Gasteiger partial charge on any atom is -0.382 e. The predicted molar refractivity (Wildman–Crippen MR) is 118 cm³/mol. The van der Waals surface area contributed by atoms with Crippen LogP contribution < -0.4 is 11.3 Å². The Bertz CT molecular complexity index is 1160. The zero-order chi connectivity index (χ0) is 22.5. The Morgan fingerprint density at radius 2 is 1.90 bits per heavy atom. The number of carbonyl (C=O) groups is 1. The second-order valence-corrected chi connectivity index (χ2v) is 8.96. The molecule has 0 radical (unpaired) electrons. The lowest BCUT2D eigenvalue weighted by atomic mass is 9.87. The number of aromatic amines is 1. The second-order valence-electron chi connectivity index (χ2n) is 8.96. The monoisotopic (exact) mass is 413 g/mol. The maximum absolute atomic E-state index is 13.1. The lowest BCUT2D eigenvalue weighted by Gasteiger charge is -2.27. The third kappa shape index (κ3) is 3.28. The van der Waals surface area contributed by atoms with Crippen molar-refractivity contribution in [2.24, 2.45) is 13.0 Å². The minimum atomic E-state index is -0.769. The largest absolute Gasteiger partial charge is 0.382 e. The lowest BCUT2D eigenvalue weighted by Crippen LogP contribution is -2.40. The average molecular weight is 414 g/mol. The Kier molecular flexibility index (Phi) is 5.26. The summed E-state index contributed by atoms with van der Waals surface area (Å²) in [4.78, 5) is 27.4. The van der Waals surface area contributed by atoms with E-state index in [1.54, 1.807) is 34.4 Å². The number of nitrogens with zero attached hydrogens (tertiary/aromatic N) is 5. The highest BCUT2D eigenvalue weighted by Crippen LogP contribution is 2.32. The van der Waals surface area contributed by atoms with Crippen molar-refractivity contribution in [2.75, 3.05) is 19.8 Å². The molecular formula is C21H31N7O2. The van der Waals surface area contributed by atoms with E-state index in [-0.39, 0.29) is 29.2 Å².